The molecule has 41 heavy (non-hydrogen) atoms. The predicted molar refractivity (Wildman–Crippen MR) is 153 cm³/mol. The van der Waals surface area contributed by atoms with Gasteiger partial charge in [-0.2, -0.15) is 5.10 Å². The molecule has 8 rings (SSSR count). The van der Waals surface area contributed by atoms with E-state index in [1.54, 1.807) is 25.3 Å². The van der Waals surface area contributed by atoms with Crippen LogP contribution in [0, 0.1) is 11.8 Å². The maximum absolute atomic E-state index is 14.4. The van der Waals surface area contributed by atoms with Gasteiger partial charge in [0, 0.05) is 17.2 Å². The number of carbonyl (C=O) groups excluding carboxylic acids is 3. The lowest BCUT2D eigenvalue weighted by Gasteiger charge is -2.52. The van der Waals surface area contributed by atoms with E-state index in [0.717, 1.165) is 22.3 Å². The van der Waals surface area contributed by atoms with Crippen LogP contribution in [-0.4, -0.2) is 42.9 Å². The molecule has 2 atom stereocenters. The zero-order chi connectivity index (χ0) is 28.5. The Morgan fingerprint density at radius 3 is 2.27 bits per heavy atom. The largest absolute Gasteiger partial charge is 0.347 e. The number of rotatable bonds is 5. The van der Waals surface area contributed by atoms with E-state index in [4.69, 9.17) is 32.7 Å². The Morgan fingerprint density at radius 2 is 1.63 bits per heavy atom. The summed E-state index contributed by atoms with van der Waals surface area (Å²) in [6.45, 7) is 2.54. The van der Waals surface area contributed by atoms with Crippen molar-refractivity contribution in [2.45, 2.75) is 30.5 Å². The van der Waals surface area contributed by atoms with Crippen molar-refractivity contribution in [1.82, 2.24) is 5.43 Å². The molecule has 3 aromatic carbocycles. The summed E-state index contributed by atoms with van der Waals surface area (Å²) in [5.74, 6) is -3.96. The Kier molecular flexibility index (Phi) is 6.10. The first kappa shape index (κ1) is 26.3. The van der Waals surface area contributed by atoms with Crippen LogP contribution in [0.15, 0.2) is 71.8 Å². The van der Waals surface area contributed by atoms with Gasteiger partial charge in [-0.25, -0.2) is 10.3 Å². The van der Waals surface area contributed by atoms with E-state index >= 15 is 0 Å². The minimum Gasteiger partial charge on any atom is -0.347 e. The number of halogens is 2. The van der Waals surface area contributed by atoms with Gasteiger partial charge >= 0.3 is 0 Å². The number of hydrogen-bond donors (Lipinski definition) is 1. The predicted octanol–water partition coefficient (Wildman–Crippen LogP) is 4.80. The lowest BCUT2D eigenvalue weighted by atomic mass is 9.47. The number of anilines is 1. The summed E-state index contributed by atoms with van der Waals surface area (Å²) in [7, 11) is 0. The van der Waals surface area contributed by atoms with E-state index in [1.807, 2.05) is 48.5 Å². The van der Waals surface area contributed by atoms with Gasteiger partial charge in [0.2, 0.25) is 17.7 Å². The van der Waals surface area contributed by atoms with Crippen molar-refractivity contribution in [3.05, 3.63) is 99.0 Å². The second-order valence-electron chi connectivity index (χ2n) is 10.9. The summed E-state index contributed by atoms with van der Waals surface area (Å²) < 4.78 is 11.1. The molecule has 2 aliphatic heterocycles. The van der Waals surface area contributed by atoms with Crippen LogP contribution in [0.4, 0.5) is 5.69 Å². The molecule has 3 aromatic rings. The summed E-state index contributed by atoms with van der Waals surface area (Å²) in [4.78, 5) is 42.7. The van der Waals surface area contributed by atoms with E-state index < -0.39 is 28.9 Å². The molecule has 2 bridgehead atoms. The van der Waals surface area contributed by atoms with Crippen LogP contribution in [-0.2, 0) is 29.3 Å². The van der Waals surface area contributed by atoms with Gasteiger partial charge in [-0.05, 0) is 47.4 Å². The quantitative estimate of drug-likeness (QED) is 0.262. The smallest absolute Gasteiger partial charge is 0.245 e. The zero-order valence-electron chi connectivity index (χ0n) is 22.0. The van der Waals surface area contributed by atoms with Crippen molar-refractivity contribution in [3.63, 3.8) is 0 Å². The molecular formula is C31H25Cl2N3O5. The average molecular weight is 590 g/mol. The summed E-state index contributed by atoms with van der Waals surface area (Å²) in [5, 5.41) is 5.03. The van der Waals surface area contributed by atoms with Crippen molar-refractivity contribution >= 4 is 52.8 Å². The van der Waals surface area contributed by atoms with Gasteiger partial charge in [-0.15, -0.1) is 0 Å². The molecule has 8 nitrogen and oxygen atoms in total. The Balaban J connectivity index is 1.36. The highest BCUT2D eigenvalue weighted by molar-refractivity contribution is 6.38. The van der Waals surface area contributed by atoms with Gasteiger partial charge < -0.3 is 9.47 Å². The molecule has 5 aliphatic rings. The standard InChI is InChI=1S/C31H25Cl2N3O5/c1-30(40-12-13-41-30)15-24(37)35-34-16-31-20-8-4-2-6-18(20)25(19-7-3-5-9-21(19)31)26-27(31)29(39)36(28(26)38)23-11-10-17(32)14-22(23)33/h2-11,14,16,25-27H,12-13,15H2,1H3,(H,35,37)/b34-16-/t25?,26-,27+,31?/m0/s1. The third-order valence-corrected chi connectivity index (χ3v) is 9.21. The van der Waals surface area contributed by atoms with Crippen molar-refractivity contribution in [2.24, 2.45) is 16.9 Å². The molecule has 10 heteroatoms. The lowest BCUT2D eigenvalue weighted by molar-refractivity contribution is -0.159. The Hall–Kier alpha value is -3.56. The van der Waals surface area contributed by atoms with Crippen LogP contribution >= 0.6 is 23.2 Å². The average Bonchev–Trinajstić information content (AvgIpc) is 3.50. The first-order chi connectivity index (χ1) is 19.7. The van der Waals surface area contributed by atoms with Crippen LogP contribution in [0.2, 0.25) is 10.0 Å². The fourth-order valence-corrected chi connectivity index (χ4v) is 7.64. The molecule has 0 saturated carbocycles. The number of nitrogens with zero attached hydrogens (tertiary/aromatic N) is 2. The van der Waals surface area contributed by atoms with Crippen LogP contribution in [0.1, 0.15) is 41.5 Å². The molecule has 0 spiro atoms. The van der Waals surface area contributed by atoms with Crippen molar-refractivity contribution in [3.8, 4) is 0 Å². The minimum atomic E-state index is -1.12. The normalized spacial score (nSPS) is 27.2. The van der Waals surface area contributed by atoms with Crippen LogP contribution < -0.4 is 10.3 Å². The third-order valence-electron chi connectivity index (χ3n) is 8.67. The fraction of sp³-hybridized carbons (Fsp3) is 0.290. The van der Waals surface area contributed by atoms with Gasteiger partial charge in [0.25, 0.3) is 0 Å². The number of nitrogens with one attached hydrogen (secondary N) is 1. The molecule has 2 heterocycles. The number of hydrazone groups is 1. The first-order valence-corrected chi connectivity index (χ1v) is 14.1. The number of imide groups is 1. The monoisotopic (exact) mass is 589 g/mol. The number of hydrogen-bond acceptors (Lipinski definition) is 6. The Bertz CT molecular complexity index is 1600. The van der Waals surface area contributed by atoms with Crippen LogP contribution in [0.25, 0.3) is 0 Å². The number of carbonyl (C=O) groups is 3. The number of amides is 3. The third kappa shape index (κ3) is 3.82. The van der Waals surface area contributed by atoms with E-state index in [0.29, 0.717) is 18.2 Å². The van der Waals surface area contributed by atoms with Gasteiger partial charge in [0.15, 0.2) is 5.79 Å². The number of benzene rings is 3. The van der Waals surface area contributed by atoms with E-state index in [-0.39, 0.29) is 34.9 Å². The Morgan fingerprint density at radius 1 is 1.00 bits per heavy atom. The molecule has 0 unspecified atom stereocenters. The highest BCUT2D eigenvalue weighted by atomic mass is 35.5. The highest BCUT2D eigenvalue weighted by Gasteiger charge is 2.68. The molecule has 0 radical (unpaired) electrons. The summed E-state index contributed by atoms with van der Waals surface area (Å²) in [6, 6.07) is 20.3. The zero-order valence-corrected chi connectivity index (χ0v) is 23.5. The maximum atomic E-state index is 14.4. The minimum absolute atomic E-state index is 0.0428. The number of ether oxygens (including phenoxy) is 2. The maximum Gasteiger partial charge on any atom is 0.245 e. The van der Waals surface area contributed by atoms with Crippen LogP contribution in [0.5, 0.6) is 0 Å². The fourth-order valence-electron chi connectivity index (χ4n) is 7.15. The Labute approximate surface area is 246 Å². The molecule has 2 fully saturated rings. The molecular weight excluding hydrogens is 565 g/mol. The van der Waals surface area contributed by atoms with Crippen molar-refractivity contribution in [1.29, 1.82) is 0 Å². The summed E-state index contributed by atoms with van der Waals surface area (Å²) in [6.07, 6.45) is 1.57. The van der Waals surface area contributed by atoms with E-state index in [2.05, 4.69) is 10.5 Å². The van der Waals surface area contributed by atoms with E-state index in [1.165, 1.54) is 11.0 Å². The molecule has 3 aliphatic carbocycles. The van der Waals surface area contributed by atoms with Crippen molar-refractivity contribution < 1.29 is 23.9 Å². The van der Waals surface area contributed by atoms with Crippen molar-refractivity contribution in [2.75, 3.05) is 18.1 Å². The molecule has 208 valence electrons. The molecule has 2 saturated heterocycles. The summed E-state index contributed by atoms with van der Waals surface area (Å²) >= 11 is 12.6. The molecule has 1 N–H and O–H groups in total. The second kappa shape index (κ2) is 9.49. The van der Waals surface area contributed by atoms with E-state index in [9.17, 15) is 14.4 Å². The van der Waals surface area contributed by atoms with Crippen LogP contribution in [0.3, 0.4) is 0 Å². The SMILES string of the molecule is CC1(CC(=O)N/N=C\C23c4ccccc4C(c4ccccc42)[C@@H]2C(=O)N(c4ccc(Cl)cc4Cl)C(=O)[C@@H]23)OCCO1. The van der Waals surface area contributed by atoms with Gasteiger partial charge in [0.05, 0.1) is 47.6 Å². The second-order valence-corrected chi connectivity index (χ2v) is 11.8. The van der Waals surface area contributed by atoms with Gasteiger partial charge in [-0.1, -0.05) is 71.7 Å². The lowest BCUT2D eigenvalue weighted by Crippen LogP contribution is -2.54. The topological polar surface area (TPSA) is 97.3 Å². The highest BCUT2D eigenvalue weighted by Crippen LogP contribution is 2.63. The van der Waals surface area contributed by atoms with Gasteiger partial charge in [0.1, 0.15) is 0 Å². The first-order valence-electron chi connectivity index (χ1n) is 13.4. The molecule has 3 amide bonds. The van der Waals surface area contributed by atoms with Gasteiger partial charge in [-0.3, -0.25) is 14.4 Å². The summed E-state index contributed by atoms with van der Waals surface area (Å²) in [5.41, 5.74) is 5.44. The molecule has 0 aromatic heterocycles.